The van der Waals surface area contributed by atoms with E-state index in [1.54, 1.807) is 17.4 Å². The van der Waals surface area contributed by atoms with Gasteiger partial charge in [0.2, 0.25) is 0 Å². The van der Waals surface area contributed by atoms with Gasteiger partial charge in [-0.25, -0.2) is 4.98 Å². The topological polar surface area (TPSA) is 75.0 Å². The Labute approximate surface area is 153 Å². The summed E-state index contributed by atoms with van der Waals surface area (Å²) in [5.74, 6) is 1.35. The van der Waals surface area contributed by atoms with Crippen molar-refractivity contribution in [3.63, 3.8) is 0 Å². The molecule has 0 radical (unpaired) electrons. The minimum absolute atomic E-state index is 0.0585. The molecule has 5 rings (SSSR count). The van der Waals surface area contributed by atoms with Crippen molar-refractivity contribution in [2.75, 3.05) is 6.54 Å². The number of aromatic nitrogens is 3. The molecule has 7 heteroatoms. The summed E-state index contributed by atoms with van der Waals surface area (Å²) in [6.45, 7) is 0.696. The largest absolute Gasteiger partial charge is 0.355 e. The second-order valence-electron chi connectivity index (χ2n) is 6.35. The molecule has 0 spiro atoms. The Morgan fingerprint density at radius 3 is 3.04 bits per heavy atom. The van der Waals surface area contributed by atoms with Gasteiger partial charge in [-0.1, -0.05) is 23.4 Å². The van der Waals surface area contributed by atoms with Crippen LogP contribution in [0.25, 0.3) is 21.7 Å². The quantitative estimate of drug-likeness (QED) is 0.589. The van der Waals surface area contributed by atoms with Crippen LogP contribution in [0.2, 0.25) is 0 Å². The number of para-hydroxylation sites is 2. The molecule has 6 nitrogen and oxygen atoms in total. The molecule has 1 aromatic carbocycles. The third kappa shape index (κ3) is 2.52. The highest BCUT2D eigenvalue weighted by molar-refractivity contribution is 7.13. The van der Waals surface area contributed by atoms with E-state index in [-0.39, 0.29) is 11.9 Å². The number of thiophene rings is 1. The predicted molar refractivity (Wildman–Crippen MR) is 98.9 cm³/mol. The molecule has 4 aromatic rings. The van der Waals surface area contributed by atoms with Crippen molar-refractivity contribution in [1.82, 2.24) is 20.0 Å². The van der Waals surface area contributed by atoms with E-state index in [1.165, 1.54) is 0 Å². The molecule has 0 bridgehead atoms. The summed E-state index contributed by atoms with van der Waals surface area (Å²) in [6.07, 6.45) is 1.84. The minimum atomic E-state index is -0.112. The maximum Gasteiger partial charge on any atom is 0.276 e. The number of amides is 1. The van der Waals surface area contributed by atoms with Crippen molar-refractivity contribution in [2.24, 2.45) is 0 Å². The van der Waals surface area contributed by atoms with E-state index in [0.29, 0.717) is 18.0 Å². The van der Waals surface area contributed by atoms with Gasteiger partial charge in [0, 0.05) is 12.6 Å². The second kappa shape index (κ2) is 6.10. The first-order valence-electron chi connectivity index (χ1n) is 8.56. The average molecular weight is 364 g/mol. The molecule has 4 heterocycles. The van der Waals surface area contributed by atoms with Gasteiger partial charge in [-0.3, -0.25) is 4.79 Å². The number of nitrogens with one attached hydrogen (secondary N) is 1. The Bertz CT molecular complexity index is 1030. The van der Waals surface area contributed by atoms with Crippen LogP contribution in [-0.4, -0.2) is 32.5 Å². The Kier molecular flexibility index (Phi) is 3.60. The molecule has 1 amide bonds. The lowest BCUT2D eigenvalue weighted by molar-refractivity contribution is 0.0720. The number of nitrogens with zero attached hydrogens (tertiary/aromatic N) is 3. The zero-order valence-electron chi connectivity index (χ0n) is 13.9. The molecule has 1 unspecified atom stereocenters. The number of hydrogen-bond acceptors (Lipinski definition) is 5. The fraction of sp³-hybridized carbons (Fsp3) is 0.211. The van der Waals surface area contributed by atoms with Gasteiger partial charge in [0.15, 0.2) is 11.5 Å². The summed E-state index contributed by atoms with van der Waals surface area (Å²) in [6, 6.07) is 13.5. The number of likely N-dealkylation sites (tertiary alicyclic amines) is 1. The fourth-order valence-electron chi connectivity index (χ4n) is 3.48. The van der Waals surface area contributed by atoms with Crippen molar-refractivity contribution < 1.29 is 9.32 Å². The normalized spacial score (nSPS) is 17.2. The maximum absolute atomic E-state index is 13.0. The molecule has 1 aliphatic heterocycles. The van der Waals surface area contributed by atoms with Crippen LogP contribution >= 0.6 is 11.3 Å². The monoisotopic (exact) mass is 364 g/mol. The van der Waals surface area contributed by atoms with Crippen LogP contribution in [0.3, 0.4) is 0 Å². The molecular weight excluding hydrogens is 348 g/mol. The first-order chi connectivity index (χ1) is 12.8. The molecule has 1 atom stereocenters. The molecular formula is C19H16N4O2S. The molecule has 3 aromatic heterocycles. The average Bonchev–Trinajstić information content (AvgIpc) is 3.47. The van der Waals surface area contributed by atoms with Crippen LogP contribution in [0.4, 0.5) is 0 Å². The lowest BCUT2D eigenvalue weighted by atomic mass is 10.2. The van der Waals surface area contributed by atoms with Crippen LogP contribution in [-0.2, 0) is 0 Å². The smallest absolute Gasteiger partial charge is 0.276 e. The van der Waals surface area contributed by atoms with Crippen molar-refractivity contribution >= 4 is 28.3 Å². The second-order valence-corrected chi connectivity index (χ2v) is 7.30. The number of carbonyl (C=O) groups is 1. The minimum Gasteiger partial charge on any atom is -0.355 e. The number of H-pyrrole nitrogens is 1. The zero-order chi connectivity index (χ0) is 17.5. The number of fused-ring (bicyclic) bond motifs is 1. The number of carbonyl (C=O) groups excluding carboxylic acids is 1. The van der Waals surface area contributed by atoms with Gasteiger partial charge in [-0.15, -0.1) is 11.3 Å². The molecule has 1 fully saturated rings. The van der Waals surface area contributed by atoms with Crippen LogP contribution in [0.5, 0.6) is 0 Å². The van der Waals surface area contributed by atoms with Crippen molar-refractivity contribution in [2.45, 2.75) is 18.9 Å². The summed E-state index contributed by atoms with van der Waals surface area (Å²) in [5, 5.41) is 5.97. The van der Waals surface area contributed by atoms with E-state index in [9.17, 15) is 4.79 Å². The summed E-state index contributed by atoms with van der Waals surface area (Å²) in [4.78, 5) is 23.8. The standard InChI is InChI=1S/C19H16N4O2S/c24-19(14-11-16(25-22-14)17-8-4-10-26-17)23-9-3-7-15(23)18-20-12-5-1-2-6-13(12)21-18/h1-2,4-6,8,10-11,15H,3,7,9H2,(H,20,21). The van der Waals surface area contributed by atoms with Gasteiger partial charge in [-0.2, -0.15) is 0 Å². The van der Waals surface area contributed by atoms with E-state index >= 15 is 0 Å². The van der Waals surface area contributed by atoms with Crippen molar-refractivity contribution in [1.29, 1.82) is 0 Å². The molecule has 1 N–H and O–H groups in total. The Balaban J connectivity index is 1.44. The lowest BCUT2D eigenvalue weighted by Gasteiger charge is -2.21. The first kappa shape index (κ1) is 15.3. The lowest BCUT2D eigenvalue weighted by Crippen LogP contribution is -2.31. The van der Waals surface area contributed by atoms with E-state index in [4.69, 9.17) is 4.52 Å². The Morgan fingerprint density at radius 2 is 2.19 bits per heavy atom. The van der Waals surface area contributed by atoms with Crippen molar-refractivity contribution in [3.05, 3.63) is 59.4 Å². The number of aromatic amines is 1. The highest BCUT2D eigenvalue weighted by Crippen LogP contribution is 2.33. The van der Waals surface area contributed by atoms with Gasteiger partial charge < -0.3 is 14.4 Å². The van der Waals surface area contributed by atoms with E-state index in [0.717, 1.165) is 34.6 Å². The van der Waals surface area contributed by atoms with Gasteiger partial charge in [0.1, 0.15) is 5.82 Å². The van der Waals surface area contributed by atoms with Gasteiger partial charge >= 0.3 is 0 Å². The molecule has 0 aliphatic carbocycles. The number of imidazole rings is 1. The Hall–Kier alpha value is -2.93. The maximum atomic E-state index is 13.0. The number of rotatable bonds is 3. The predicted octanol–water partition coefficient (Wildman–Crippen LogP) is 4.26. The summed E-state index contributed by atoms with van der Waals surface area (Å²) in [7, 11) is 0. The number of hydrogen-bond donors (Lipinski definition) is 1. The number of benzene rings is 1. The molecule has 1 aliphatic rings. The third-order valence-electron chi connectivity index (χ3n) is 4.73. The van der Waals surface area contributed by atoms with Gasteiger partial charge in [0.25, 0.3) is 5.91 Å². The zero-order valence-corrected chi connectivity index (χ0v) is 14.7. The summed E-state index contributed by atoms with van der Waals surface area (Å²) < 4.78 is 5.37. The summed E-state index contributed by atoms with van der Waals surface area (Å²) in [5.41, 5.74) is 2.25. The van der Waals surface area contributed by atoms with Gasteiger partial charge in [0.05, 0.1) is 22.0 Å². The highest BCUT2D eigenvalue weighted by Gasteiger charge is 2.34. The van der Waals surface area contributed by atoms with Crippen LogP contribution < -0.4 is 0 Å². The van der Waals surface area contributed by atoms with Crippen LogP contribution in [0.1, 0.15) is 35.2 Å². The Morgan fingerprint density at radius 1 is 1.27 bits per heavy atom. The molecule has 130 valence electrons. The highest BCUT2D eigenvalue weighted by atomic mass is 32.1. The SMILES string of the molecule is O=C(c1cc(-c2cccs2)on1)N1CCCC1c1nc2ccccc2[nH]1. The van der Waals surface area contributed by atoms with Crippen LogP contribution in [0, 0.1) is 0 Å². The fourth-order valence-corrected chi connectivity index (χ4v) is 4.16. The molecule has 1 saturated heterocycles. The summed E-state index contributed by atoms with van der Waals surface area (Å²) >= 11 is 1.56. The van der Waals surface area contributed by atoms with E-state index in [1.807, 2.05) is 46.7 Å². The van der Waals surface area contributed by atoms with Crippen LogP contribution in [0.15, 0.2) is 52.4 Å². The first-order valence-corrected chi connectivity index (χ1v) is 9.44. The molecule has 0 saturated carbocycles. The van der Waals surface area contributed by atoms with Gasteiger partial charge in [-0.05, 0) is 36.4 Å². The third-order valence-corrected chi connectivity index (χ3v) is 5.61. The van der Waals surface area contributed by atoms with E-state index < -0.39 is 0 Å². The molecule has 26 heavy (non-hydrogen) atoms. The van der Waals surface area contributed by atoms with E-state index in [2.05, 4.69) is 15.1 Å². The van der Waals surface area contributed by atoms with Crippen molar-refractivity contribution in [3.8, 4) is 10.6 Å².